The molecular weight excluding hydrogens is 260 g/mol. The zero-order valence-electron chi connectivity index (χ0n) is 8.12. The lowest BCUT2D eigenvalue weighted by Gasteiger charge is -2.06. The summed E-state index contributed by atoms with van der Waals surface area (Å²) in [7, 11) is 1.33. The van der Waals surface area contributed by atoms with Crippen molar-refractivity contribution in [2.45, 2.75) is 0 Å². The average Bonchev–Trinajstić information content (AvgIpc) is 2.26. The monoisotopic (exact) mass is 268 g/mol. The summed E-state index contributed by atoms with van der Waals surface area (Å²) in [6.07, 6.45) is 5.06. The van der Waals surface area contributed by atoms with E-state index in [1.807, 2.05) is 0 Å². The van der Waals surface area contributed by atoms with E-state index in [4.69, 9.17) is 11.2 Å². The first-order chi connectivity index (χ1) is 7.19. The third-order valence-corrected chi connectivity index (χ3v) is 2.28. The van der Waals surface area contributed by atoms with Crippen molar-refractivity contribution in [2.24, 2.45) is 0 Å². The van der Waals surface area contributed by atoms with Crippen molar-refractivity contribution in [3.8, 4) is 18.1 Å². The minimum Gasteiger partial charge on any atom is -0.480 e. The molecule has 0 amide bonds. The summed E-state index contributed by atoms with van der Waals surface area (Å²) < 4.78 is 10.5. The minimum atomic E-state index is -0.390. The number of hydrogen-bond donors (Lipinski definition) is 0. The summed E-state index contributed by atoms with van der Waals surface area (Å²) in [4.78, 5) is 11.2. The van der Waals surface area contributed by atoms with Crippen molar-refractivity contribution in [1.82, 2.24) is 0 Å². The molecule has 0 aliphatic carbocycles. The van der Waals surface area contributed by atoms with Crippen LogP contribution >= 0.6 is 15.9 Å². The molecule has 78 valence electrons. The van der Waals surface area contributed by atoms with Gasteiger partial charge in [0.15, 0.2) is 0 Å². The van der Waals surface area contributed by atoms with Crippen LogP contribution in [0.4, 0.5) is 0 Å². The Morgan fingerprint density at radius 2 is 2.33 bits per heavy atom. The van der Waals surface area contributed by atoms with Gasteiger partial charge in [-0.2, -0.15) is 0 Å². The van der Waals surface area contributed by atoms with E-state index >= 15 is 0 Å². The van der Waals surface area contributed by atoms with Crippen LogP contribution in [0.1, 0.15) is 10.4 Å². The fraction of sp³-hybridized carbons (Fsp3) is 0.182. The van der Waals surface area contributed by atoms with Gasteiger partial charge in [0.1, 0.15) is 12.4 Å². The Morgan fingerprint density at radius 1 is 1.60 bits per heavy atom. The largest absolute Gasteiger partial charge is 0.480 e. The van der Waals surface area contributed by atoms with Crippen molar-refractivity contribution in [3.63, 3.8) is 0 Å². The van der Waals surface area contributed by atoms with E-state index < -0.39 is 0 Å². The minimum absolute atomic E-state index is 0.191. The SMILES string of the molecule is C#CCOc1ccc(C(=O)OC)cc1Br. The first kappa shape index (κ1) is 11.6. The Bertz CT molecular complexity index is 407. The van der Waals surface area contributed by atoms with Crippen molar-refractivity contribution >= 4 is 21.9 Å². The number of carbonyl (C=O) groups excluding carboxylic acids is 1. The summed E-state index contributed by atoms with van der Waals surface area (Å²) >= 11 is 3.27. The first-order valence-corrected chi connectivity index (χ1v) is 4.92. The molecule has 0 aliphatic heterocycles. The second kappa shape index (κ2) is 5.42. The summed E-state index contributed by atoms with van der Waals surface area (Å²) in [5, 5.41) is 0. The Morgan fingerprint density at radius 3 is 2.87 bits per heavy atom. The predicted molar refractivity (Wildman–Crippen MR) is 59.8 cm³/mol. The maximum Gasteiger partial charge on any atom is 0.337 e. The summed E-state index contributed by atoms with van der Waals surface area (Å²) in [5.74, 6) is 2.57. The van der Waals surface area contributed by atoms with Gasteiger partial charge in [-0.3, -0.25) is 0 Å². The lowest BCUT2D eigenvalue weighted by molar-refractivity contribution is 0.0600. The molecule has 0 aliphatic rings. The van der Waals surface area contributed by atoms with Crippen LogP contribution in [0.15, 0.2) is 22.7 Å². The Kier molecular flexibility index (Phi) is 4.19. The highest BCUT2D eigenvalue weighted by atomic mass is 79.9. The van der Waals surface area contributed by atoms with Crippen molar-refractivity contribution in [3.05, 3.63) is 28.2 Å². The zero-order valence-corrected chi connectivity index (χ0v) is 9.71. The molecule has 1 aromatic rings. The summed E-state index contributed by atoms with van der Waals surface area (Å²) in [6.45, 7) is 0.191. The molecule has 0 fully saturated rings. The first-order valence-electron chi connectivity index (χ1n) is 4.13. The van der Waals surface area contributed by atoms with Crippen LogP contribution in [-0.2, 0) is 4.74 Å². The number of ether oxygens (including phenoxy) is 2. The van der Waals surface area contributed by atoms with E-state index in [0.29, 0.717) is 15.8 Å². The molecule has 0 unspecified atom stereocenters. The van der Waals surface area contributed by atoms with Gasteiger partial charge in [-0.15, -0.1) is 6.42 Å². The third kappa shape index (κ3) is 3.00. The smallest absolute Gasteiger partial charge is 0.337 e. The van der Waals surface area contributed by atoms with E-state index in [-0.39, 0.29) is 12.6 Å². The highest BCUT2D eigenvalue weighted by Crippen LogP contribution is 2.26. The molecule has 0 saturated heterocycles. The number of rotatable bonds is 3. The molecule has 0 bridgehead atoms. The number of hydrogen-bond acceptors (Lipinski definition) is 3. The second-order valence-electron chi connectivity index (χ2n) is 2.63. The van der Waals surface area contributed by atoms with Gasteiger partial charge in [-0.25, -0.2) is 4.79 Å². The molecule has 0 N–H and O–H groups in total. The average molecular weight is 269 g/mol. The van der Waals surface area contributed by atoms with Crippen molar-refractivity contribution < 1.29 is 14.3 Å². The number of halogens is 1. The molecule has 3 nitrogen and oxygen atoms in total. The molecule has 1 aromatic carbocycles. The van der Waals surface area contributed by atoms with Gasteiger partial charge in [-0.1, -0.05) is 5.92 Å². The molecule has 15 heavy (non-hydrogen) atoms. The number of terminal acetylenes is 1. The van der Waals surface area contributed by atoms with Crippen molar-refractivity contribution in [2.75, 3.05) is 13.7 Å². The van der Waals surface area contributed by atoms with Crippen LogP contribution in [0.3, 0.4) is 0 Å². The molecule has 0 atom stereocenters. The molecule has 0 aromatic heterocycles. The number of esters is 1. The van der Waals surface area contributed by atoms with Crippen molar-refractivity contribution in [1.29, 1.82) is 0 Å². The Balaban J connectivity index is 2.89. The quantitative estimate of drug-likeness (QED) is 0.623. The summed E-state index contributed by atoms with van der Waals surface area (Å²) in [5.41, 5.74) is 0.456. The van der Waals surface area contributed by atoms with Crippen LogP contribution in [-0.4, -0.2) is 19.7 Å². The fourth-order valence-corrected chi connectivity index (χ4v) is 1.48. The number of carbonyl (C=O) groups is 1. The van der Waals surface area contributed by atoms with Gasteiger partial charge in [0.05, 0.1) is 17.1 Å². The van der Waals surface area contributed by atoms with Gasteiger partial charge in [0.25, 0.3) is 0 Å². The summed E-state index contributed by atoms with van der Waals surface area (Å²) in [6, 6.07) is 4.90. The van der Waals surface area contributed by atoms with Gasteiger partial charge < -0.3 is 9.47 Å². The van der Waals surface area contributed by atoms with Crippen LogP contribution in [0.2, 0.25) is 0 Å². The lowest BCUT2D eigenvalue weighted by Crippen LogP contribution is -2.02. The molecule has 0 radical (unpaired) electrons. The number of benzene rings is 1. The van der Waals surface area contributed by atoms with Crippen LogP contribution in [0.5, 0.6) is 5.75 Å². The van der Waals surface area contributed by atoms with E-state index in [2.05, 4.69) is 26.6 Å². The molecule has 0 spiro atoms. The standard InChI is InChI=1S/C11H9BrO3/c1-3-6-15-10-5-4-8(7-9(10)12)11(13)14-2/h1,4-5,7H,6H2,2H3. The van der Waals surface area contributed by atoms with E-state index in [1.54, 1.807) is 18.2 Å². The molecule has 0 saturated carbocycles. The topological polar surface area (TPSA) is 35.5 Å². The third-order valence-electron chi connectivity index (χ3n) is 1.66. The highest BCUT2D eigenvalue weighted by Gasteiger charge is 2.08. The van der Waals surface area contributed by atoms with E-state index in [1.165, 1.54) is 7.11 Å². The number of methoxy groups -OCH3 is 1. The fourth-order valence-electron chi connectivity index (χ4n) is 0.982. The normalized spacial score (nSPS) is 9.13. The van der Waals surface area contributed by atoms with Gasteiger partial charge in [-0.05, 0) is 34.1 Å². The van der Waals surface area contributed by atoms with Gasteiger partial charge >= 0.3 is 5.97 Å². The molecular formula is C11H9BrO3. The lowest BCUT2D eigenvalue weighted by atomic mass is 10.2. The zero-order chi connectivity index (χ0) is 11.3. The maximum atomic E-state index is 11.2. The van der Waals surface area contributed by atoms with Crippen LogP contribution in [0, 0.1) is 12.3 Å². The van der Waals surface area contributed by atoms with Crippen LogP contribution < -0.4 is 4.74 Å². The molecule has 4 heteroatoms. The molecule has 1 rings (SSSR count). The van der Waals surface area contributed by atoms with E-state index in [9.17, 15) is 4.79 Å². The Hall–Kier alpha value is -1.47. The predicted octanol–water partition coefficient (Wildman–Crippen LogP) is 2.25. The maximum absolute atomic E-state index is 11.2. The van der Waals surface area contributed by atoms with Gasteiger partial charge in [0.2, 0.25) is 0 Å². The second-order valence-corrected chi connectivity index (χ2v) is 3.48. The van der Waals surface area contributed by atoms with E-state index in [0.717, 1.165) is 0 Å². The Labute approximate surface area is 96.5 Å². The van der Waals surface area contributed by atoms with Crippen LogP contribution in [0.25, 0.3) is 0 Å². The molecule has 0 heterocycles. The van der Waals surface area contributed by atoms with Gasteiger partial charge in [0, 0.05) is 0 Å². The highest BCUT2D eigenvalue weighted by molar-refractivity contribution is 9.10.